The first-order valence-corrected chi connectivity index (χ1v) is 12.7. The molecular formula is C26H50O5. The van der Waals surface area contributed by atoms with Crippen molar-refractivity contribution in [2.45, 2.75) is 117 Å². The third kappa shape index (κ3) is 6.44. The predicted octanol–water partition coefficient (Wildman–Crippen LogP) is 4.15. The first-order valence-electron chi connectivity index (χ1n) is 12.7. The Balaban J connectivity index is 2.26. The zero-order chi connectivity index (χ0) is 23.4. The van der Waals surface area contributed by atoms with E-state index in [9.17, 15) is 20.4 Å². The van der Waals surface area contributed by atoms with E-state index in [4.69, 9.17) is 4.74 Å². The zero-order valence-corrected chi connectivity index (χ0v) is 20.9. The molecule has 0 aliphatic heterocycles. The molecule has 4 N–H and O–H groups in total. The molecule has 0 aromatic heterocycles. The van der Waals surface area contributed by atoms with Crippen molar-refractivity contribution < 1.29 is 25.2 Å². The SMILES string of the molecule is CC(C)C1(C)CCCC(C(OC(C(O)CO)C2CCCC(C)(C(C)C)C2)C(O)CO)C1. The van der Waals surface area contributed by atoms with Gasteiger partial charge in [0.1, 0.15) is 12.2 Å². The summed E-state index contributed by atoms with van der Waals surface area (Å²) >= 11 is 0. The van der Waals surface area contributed by atoms with Crippen LogP contribution in [0, 0.1) is 34.5 Å². The van der Waals surface area contributed by atoms with Crippen molar-refractivity contribution in [2.24, 2.45) is 34.5 Å². The van der Waals surface area contributed by atoms with Crippen LogP contribution in [0.2, 0.25) is 0 Å². The van der Waals surface area contributed by atoms with E-state index in [0.717, 1.165) is 38.5 Å². The zero-order valence-electron chi connectivity index (χ0n) is 20.9. The van der Waals surface area contributed by atoms with Crippen LogP contribution in [0.25, 0.3) is 0 Å². The molecule has 0 amide bonds. The third-order valence-electron chi connectivity index (χ3n) is 9.27. The molecule has 2 aliphatic rings. The highest BCUT2D eigenvalue weighted by Crippen LogP contribution is 2.49. The number of hydrogen-bond acceptors (Lipinski definition) is 5. The van der Waals surface area contributed by atoms with Crippen molar-refractivity contribution in [3.05, 3.63) is 0 Å². The van der Waals surface area contributed by atoms with Crippen LogP contribution in [0.1, 0.15) is 92.9 Å². The smallest absolute Gasteiger partial charge is 0.103 e. The van der Waals surface area contributed by atoms with E-state index in [-0.39, 0.29) is 35.9 Å². The Hall–Kier alpha value is -0.200. The fourth-order valence-corrected chi connectivity index (χ4v) is 6.17. The number of ether oxygens (including phenoxy) is 1. The van der Waals surface area contributed by atoms with Gasteiger partial charge in [0.05, 0.1) is 25.4 Å². The van der Waals surface area contributed by atoms with Crippen molar-refractivity contribution in [1.29, 1.82) is 0 Å². The van der Waals surface area contributed by atoms with Crippen LogP contribution in [0.5, 0.6) is 0 Å². The second-order valence-corrected chi connectivity index (χ2v) is 11.9. The van der Waals surface area contributed by atoms with Gasteiger partial charge in [-0.25, -0.2) is 0 Å². The molecule has 2 aliphatic carbocycles. The Labute approximate surface area is 190 Å². The van der Waals surface area contributed by atoms with Crippen LogP contribution in [-0.4, -0.2) is 58.1 Å². The summed E-state index contributed by atoms with van der Waals surface area (Å²) in [5, 5.41) is 41.1. The molecule has 2 rings (SSSR count). The number of aliphatic hydroxyl groups excluding tert-OH is 4. The summed E-state index contributed by atoms with van der Waals surface area (Å²) in [6, 6.07) is 0. The van der Waals surface area contributed by atoms with Crippen LogP contribution < -0.4 is 0 Å². The summed E-state index contributed by atoms with van der Waals surface area (Å²) < 4.78 is 6.56. The molecule has 0 bridgehead atoms. The van der Waals surface area contributed by atoms with E-state index in [1.165, 1.54) is 12.8 Å². The second-order valence-electron chi connectivity index (χ2n) is 11.9. The van der Waals surface area contributed by atoms with Gasteiger partial charge in [0.2, 0.25) is 0 Å². The van der Waals surface area contributed by atoms with Gasteiger partial charge in [-0.15, -0.1) is 0 Å². The van der Waals surface area contributed by atoms with E-state index in [0.29, 0.717) is 11.8 Å². The lowest BCUT2D eigenvalue weighted by Crippen LogP contribution is -2.50. The Bertz CT molecular complexity index is 492. The van der Waals surface area contributed by atoms with Crippen molar-refractivity contribution in [1.82, 2.24) is 0 Å². The molecule has 0 radical (unpaired) electrons. The van der Waals surface area contributed by atoms with Gasteiger partial charge in [-0.05, 0) is 73.0 Å². The van der Waals surface area contributed by atoms with Crippen LogP contribution in [0.4, 0.5) is 0 Å². The molecule has 8 unspecified atom stereocenters. The van der Waals surface area contributed by atoms with Crippen molar-refractivity contribution in [2.75, 3.05) is 13.2 Å². The third-order valence-corrected chi connectivity index (χ3v) is 9.27. The molecule has 0 saturated heterocycles. The van der Waals surface area contributed by atoms with Crippen LogP contribution in [-0.2, 0) is 4.74 Å². The summed E-state index contributed by atoms with van der Waals surface area (Å²) in [6.45, 7) is 13.0. The summed E-state index contributed by atoms with van der Waals surface area (Å²) in [7, 11) is 0. The minimum atomic E-state index is -0.979. The van der Waals surface area contributed by atoms with Crippen LogP contribution in [0.3, 0.4) is 0 Å². The molecule has 0 heterocycles. The maximum atomic E-state index is 10.8. The van der Waals surface area contributed by atoms with Gasteiger partial charge < -0.3 is 25.2 Å². The quantitative estimate of drug-likeness (QED) is 0.408. The molecule has 0 spiro atoms. The van der Waals surface area contributed by atoms with E-state index in [1.807, 2.05) is 0 Å². The lowest BCUT2D eigenvalue weighted by Gasteiger charge is -2.48. The summed E-state index contributed by atoms with van der Waals surface area (Å²) in [4.78, 5) is 0. The van der Waals surface area contributed by atoms with Crippen LogP contribution >= 0.6 is 0 Å². The molecule has 0 aromatic rings. The normalized spacial score (nSPS) is 36.4. The van der Waals surface area contributed by atoms with Crippen molar-refractivity contribution in [3.63, 3.8) is 0 Å². The fraction of sp³-hybridized carbons (Fsp3) is 1.00. The molecule has 5 heteroatoms. The highest BCUT2D eigenvalue weighted by Gasteiger charge is 2.45. The fourth-order valence-electron chi connectivity index (χ4n) is 6.17. The van der Waals surface area contributed by atoms with E-state index in [1.54, 1.807) is 0 Å². The van der Waals surface area contributed by atoms with Gasteiger partial charge in [0.25, 0.3) is 0 Å². The van der Waals surface area contributed by atoms with E-state index >= 15 is 0 Å². The molecule has 5 nitrogen and oxygen atoms in total. The Morgan fingerprint density at radius 2 is 1.10 bits per heavy atom. The van der Waals surface area contributed by atoms with Gasteiger partial charge in [0.15, 0.2) is 0 Å². The topological polar surface area (TPSA) is 90.2 Å². The minimum Gasteiger partial charge on any atom is -0.394 e. The Kier molecular flexibility index (Phi) is 9.85. The summed E-state index contributed by atoms with van der Waals surface area (Å²) in [5.74, 6) is 1.34. The largest absolute Gasteiger partial charge is 0.394 e. The highest BCUT2D eigenvalue weighted by atomic mass is 16.5. The highest BCUT2D eigenvalue weighted by molar-refractivity contribution is 4.94. The van der Waals surface area contributed by atoms with Crippen molar-refractivity contribution >= 4 is 0 Å². The van der Waals surface area contributed by atoms with E-state index in [2.05, 4.69) is 41.5 Å². The first-order chi connectivity index (χ1) is 14.5. The van der Waals surface area contributed by atoms with E-state index < -0.39 is 24.4 Å². The average Bonchev–Trinajstić information content (AvgIpc) is 2.73. The maximum absolute atomic E-state index is 10.8. The van der Waals surface area contributed by atoms with Gasteiger partial charge >= 0.3 is 0 Å². The molecule has 184 valence electrons. The molecule has 0 aromatic carbocycles. The number of hydrogen-bond donors (Lipinski definition) is 4. The monoisotopic (exact) mass is 442 g/mol. The lowest BCUT2D eigenvalue weighted by molar-refractivity contribution is -0.184. The molecule has 31 heavy (non-hydrogen) atoms. The summed E-state index contributed by atoms with van der Waals surface area (Å²) in [5.41, 5.74) is 0.373. The average molecular weight is 443 g/mol. The van der Waals surface area contributed by atoms with Gasteiger partial charge in [-0.2, -0.15) is 0 Å². The second kappa shape index (κ2) is 11.3. The Morgan fingerprint density at radius 3 is 1.39 bits per heavy atom. The van der Waals surface area contributed by atoms with Crippen molar-refractivity contribution in [3.8, 4) is 0 Å². The molecule has 2 saturated carbocycles. The number of rotatable bonds is 10. The lowest BCUT2D eigenvalue weighted by atomic mass is 9.63. The molecule has 8 atom stereocenters. The van der Waals surface area contributed by atoms with Crippen LogP contribution in [0.15, 0.2) is 0 Å². The first kappa shape index (κ1) is 27.0. The van der Waals surface area contributed by atoms with Gasteiger partial charge in [0, 0.05) is 0 Å². The predicted molar refractivity (Wildman–Crippen MR) is 125 cm³/mol. The molecule has 2 fully saturated rings. The minimum absolute atomic E-state index is 0.136. The maximum Gasteiger partial charge on any atom is 0.103 e. The summed E-state index contributed by atoms with van der Waals surface area (Å²) in [6.07, 6.45) is 5.30. The van der Waals surface area contributed by atoms with Gasteiger partial charge in [-0.1, -0.05) is 54.4 Å². The standard InChI is InChI=1S/C26H50O5/c1-17(2)25(5)11-7-9-19(13-25)23(21(29)15-27)31-24(22(30)16-28)20-10-8-12-26(6,14-20)18(3)4/h17-24,27-30H,7-16H2,1-6H3. The number of aliphatic hydroxyl groups is 4. The van der Waals surface area contributed by atoms with Gasteiger partial charge in [-0.3, -0.25) is 0 Å². The molecular weight excluding hydrogens is 392 g/mol. The Morgan fingerprint density at radius 1 is 0.742 bits per heavy atom.